The molecule has 0 heterocycles. The predicted octanol–water partition coefficient (Wildman–Crippen LogP) is 0.406. The Bertz CT molecular complexity index is 453. The zero-order chi connectivity index (χ0) is 13.9. The molecule has 0 aliphatic rings. The van der Waals surface area contributed by atoms with Crippen molar-refractivity contribution in [2.45, 2.75) is 18.6 Å². The Morgan fingerprint density at radius 2 is 1.89 bits per heavy atom. The van der Waals surface area contributed by atoms with Gasteiger partial charge < -0.3 is 21.1 Å². The third-order valence-corrected chi connectivity index (χ3v) is 2.46. The van der Waals surface area contributed by atoms with E-state index in [4.69, 9.17) is 10.8 Å². The predicted molar refractivity (Wildman–Crippen MR) is 58.0 cm³/mol. The smallest absolute Gasteiger partial charge is 0.338 e. The molecule has 0 aliphatic heterocycles. The van der Waals surface area contributed by atoms with Gasteiger partial charge in [0.25, 0.3) is 0 Å². The van der Waals surface area contributed by atoms with Crippen molar-refractivity contribution in [2.75, 3.05) is 6.54 Å². The summed E-state index contributed by atoms with van der Waals surface area (Å²) in [7, 11) is 0. The molecule has 0 aliphatic carbocycles. The number of halogens is 2. The summed E-state index contributed by atoms with van der Waals surface area (Å²) < 4.78 is 26.5. The van der Waals surface area contributed by atoms with E-state index in [1.54, 1.807) is 0 Å². The van der Waals surface area contributed by atoms with Gasteiger partial charge in [-0.1, -0.05) is 0 Å². The number of rotatable bonds is 5. The minimum Gasteiger partial charge on any atom is -0.478 e. The Morgan fingerprint density at radius 1 is 1.28 bits per heavy atom. The Morgan fingerprint density at radius 3 is 2.39 bits per heavy atom. The number of aliphatic hydroxyl groups is 2. The Balaban J connectivity index is 3.15. The Kier molecular flexibility index (Phi) is 4.71. The lowest BCUT2D eigenvalue weighted by molar-refractivity contribution is 0.0128. The molecule has 0 radical (unpaired) electrons. The second-order valence-corrected chi connectivity index (χ2v) is 3.75. The molecule has 5 N–H and O–H groups in total. The highest BCUT2D eigenvalue weighted by atomic mass is 19.1. The summed E-state index contributed by atoms with van der Waals surface area (Å²) in [4.78, 5) is 10.7. The van der Waals surface area contributed by atoms with Crippen LogP contribution in [0.15, 0.2) is 12.1 Å². The van der Waals surface area contributed by atoms with E-state index in [-0.39, 0.29) is 13.0 Å². The Labute approximate surface area is 101 Å². The van der Waals surface area contributed by atoms with E-state index in [1.807, 2.05) is 0 Å². The van der Waals surface area contributed by atoms with Gasteiger partial charge in [0.2, 0.25) is 0 Å². The molecule has 0 saturated carbocycles. The molecule has 2 atom stereocenters. The first-order valence-electron chi connectivity index (χ1n) is 5.17. The fraction of sp³-hybridized carbons (Fsp3) is 0.364. The first-order valence-corrected chi connectivity index (χ1v) is 5.17. The second kappa shape index (κ2) is 5.85. The molecule has 1 aromatic rings. The van der Waals surface area contributed by atoms with E-state index < -0.39 is 40.9 Å². The largest absolute Gasteiger partial charge is 0.478 e. The maximum atomic E-state index is 13.4. The summed E-state index contributed by atoms with van der Waals surface area (Å²) in [6.07, 6.45) is -3.01. The molecule has 0 saturated heterocycles. The third-order valence-electron chi connectivity index (χ3n) is 2.46. The molecule has 100 valence electrons. The highest BCUT2D eigenvalue weighted by molar-refractivity contribution is 5.88. The topological polar surface area (TPSA) is 104 Å². The van der Waals surface area contributed by atoms with Gasteiger partial charge in [0.05, 0.1) is 11.7 Å². The molecule has 2 unspecified atom stereocenters. The standard InChI is InChI=1S/C11H13F2NO4/c12-7-4-8(13)6(11(17)18)3-5(7)10(16)9(15)1-2-14/h3-4,9-10,15-16H,1-2,14H2,(H,17,18). The molecule has 0 fully saturated rings. The highest BCUT2D eigenvalue weighted by Gasteiger charge is 2.24. The van der Waals surface area contributed by atoms with E-state index >= 15 is 0 Å². The van der Waals surface area contributed by atoms with Crippen LogP contribution in [0.5, 0.6) is 0 Å². The van der Waals surface area contributed by atoms with E-state index in [9.17, 15) is 23.8 Å². The van der Waals surface area contributed by atoms with Crippen LogP contribution in [0.2, 0.25) is 0 Å². The number of aromatic carboxylic acids is 1. The van der Waals surface area contributed by atoms with Crippen LogP contribution in [0.4, 0.5) is 8.78 Å². The molecule has 1 aromatic carbocycles. The van der Waals surface area contributed by atoms with E-state index in [2.05, 4.69) is 0 Å². The van der Waals surface area contributed by atoms with Crippen LogP contribution in [0, 0.1) is 11.6 Å². The zero-order valence-corrected chi connectivity index (χ0v) is 9.31. The minimum absolute atomic E-state index is 0.000385. The maximum absolute atomic E-state index is 13.4. The normalized spacial score (nSPS) is 14.3. The van der Waals surface area contributed by atoms with Crippen LogP contribution in [-0.2, 0) is 0 Å². The number of benzene rings is 1. The van der Waals surface area contributed by atoms with E-state index in [0.29, 0.717) is 12.1 Å². The number of hydrogen-bond donors (Lipinski definition) is 4. The van der Waals surface area contributed by atoms with Gasteiger partial charge in [-0.25, -0.2) is 13.6 Å². The summed E-state index contributed by atoms with van der Waals surface area (Å²) in [5.41, 5.74) is 3.92. The fourth-order valence-corrected chi connectivity index (χ4v) is 1.49. The van der Waals surface area contributed by atoms with Crippen molar-refractivity contribution in [1.82, 2.24) is 0 Å². The molecule has 0 spiro atoms. The molecule has 0 aromatic heterocycles. The van der Waals surface area contributed by atoms with Crippen LogP contribution >= 0.6 is 0 Å². The van der Waals surface area contributed by atoms with Crippen LogP contribution in [-0.4, -0.2) is 33.9 Å². The molecule has 0 bridgehead atoms. The van der Waals surface area contributed by atoms with Gasteiger partial charge in [-0.2, -0.15) is 0 Å². The van der Waals surface area contributed by atoms with Gasteiger partial charge in [0.1, 0.15) is 17.7 Å². The second-order valence-electron chi connectivity index (χ2n) is 3.75. The monoisotopic (exact) mass is 261 g/mol. The average molecular weight is 261 g/mol. The summed E-state index contributed by atoms with van der Waals surface area (Å²) in [6, 6.07) is 1.02. The lowest BCUT2D eigenvalue weighted by Gasteiger charge is -2.18. The zero-order valence-electron chi connectivity index (χ0n) is 9.31. The first-order chi connectivity index (χ1) is 8.38. The van der Waals surface area contributed by atoms with Crippen molar-refractivity contribution < 1.29 is 28.9 Å². The summed E-state index contributed by atoms with van der Waals surface area (Å²) in [6.45, 7) is 0.0623. The van der Waals surface area contributed by atoms with Crippen LogP contribution in [0.3, 0.4) is 0 Å². The Hall–Kier alpha value is -1.57. The van der Waals surface area contributed by atoms with Crippen molar-refractivity contribution in [3.8, 4) is 0 Å². The van der Waals surface area contributed by atoms with Gasteiger partial charge in [-0.05, 0) is 19.0 Å². The van der Waals surface area contributed by atoms with Gasteiger partial charge >= 0.3 is 5.97 Å². The van der Waals surface area contributed by atoms with Crippen LogP contribution in [0.1, 0.15) is 28.4 Å². The number of carbonyl (C=O) groups is 1. The maximum Gasteiger partial charge on any atom is 0.338 e. The average Bonchev–Trinajstić information content (AvgIpc) is 2.28. The summed E-state index contributed by atoms with van der Waals surface area (Å²) in [5, 5.41) is 27.8. The number of nitrogens with two attached hydrogens (primary N) is 1. The quantitative estimate of drug-likeness (QED) is 0.614. The van der Waals surface area contributed by atoms with Crippen LogP contribution < -0.4 is 5.73 Å². The molecule has 1 rings (SSSR count). The van der Waals surface area contributed by atoms with Crippen molar-refractivity contribution in [2.24, 2.45) is 5.73 Å². The summed E-state index contributed by atoms with van der Waals surface area (Å²) in [5.74, 6) is -3.96. The van der Waals surface area contributed by atoms with Crippen LogP contribution in [0.25, 0.3) is 0 Å². The van der Waals surface area contributed by atoms with Crippen molar-refractivity contribution in [1.29, 1.82) is 0 Å². The molecular formula is C11H13F2NO4. The van der Waals surface area contributed by atoms with Gasteiger partial charge in [-0.3, -0.25) is 0 Å². The lowest BCUT2D eigenvalue weighted by atomic mass is 9.99. The lowest BCUT2D eigenvalue weighted by Crippen LogP contribution is -2.23. The molecule has 5 nitrogen and oxygen atoms in total. The van der Waals surface area contributed by atoms with E-state index in [0.717, 1.165) is 0 Å². The van der Waals surface area contributed by atoms with Gasteiger partial charge in [-0.15, -0.1) is 0 Å². The third kappa shape index (κ3) is 3.00. The molecule has 0 amide bonds. The number of aliphatic hydroxyl groups excluding tert-OH is 2. The van der Waals surface area contributed by atoms with Gasteiger partial charge in [0.15, 0.2) is 0 Å². The molecular weight excluding hydrogens is 248 g/mol. The molecule has 18 heavy (non-hydrogen) atoms. The SMILES string of the molecule is NCCC(O)C(O)c1cc(C(=O)O)c(F)cc1F. The minimum atomic E-state index is -1.66. The van der Waals surface area contributed by atoms with Crippen molar-refractivity contribution in [3.05, 3.63) is 34.9 Å². The van der Waals surface area contributed by atoms with Gasteiger partial charge in [0, 0.05) is 11.6 Å². The van der Waals surface area contributed by atoms with Crippen molar-refractivity contribution >= 4 is 5.97 Å². The number of carboxylic acid groups (broad SMARTS) is 1. The number of carboxylic acids is 1. The highest BCUT2D eigenvalue weighted by Crippen LogP contribution is 2.24. The number of hydrogen-bond acceptors (Lipinski definition) is 4. The van der Waals surface area contributed by atoms with E-state index in [1.165, 1.54) is 0 Å². The van der Waals surface area contributed by atoms with Crippen molar-refractivity contribution in [3.63, 3.8) is 0 Å². The fourth-order valence-electron chi connectivity index (χ4n) is 1.49. The molecule has 7 heteroatoms. The summed E-state index contributed by atoms with van der Waals surface area (Å²) >= 11 is 0. The first kappa shape index (κ1) is 14.5.